The largest absolute Gasteiger partial charge is 0.480 e. The highest BCUT2D eigenvalue weighted by Crippen LogP contribution is 2.13. The van der Waals surface area contributed by atoms with Crippen LogP contribution >= 0.6 is 0 Å². The number of amides is 1. The summed E-state index contributed by atoms with van der Waals surface area (Å²) in [5.41, 5.74) is 0.583. The molecular formula is C12H14FNO3. The number of nitrogens with zero attached hydrogens (tertiary/aromatic N) is 1. The summed E-state index contributed by atoms with van der Waals surface area (Å²) in [6.45, 7) is 3.08. The van der Waals surface area contributed by atoms with Crippen molar-refractivity contribution in [3.63, 3.8) is 0 Å². The molecule has 1 atom stereocenters. The quantitative estimate of drug-likeness (QED) is 0.873. The summed E-state index contributed by atoms with van der Waals surface area (Å²) >= 11 is 0. The maximum absolute atomic E-state index is 13.5. The van der Waals surface area contributed by atoms with Gasteiger partial charge < -0.3 is 10.0 Å². The Balaban J connectivity index is 3.00. The van der Waals surface area contributed by atoms with Gasteiger partial charge in [-0.1, -0.05) is 6.07 Å². The van der Waals surface area contributed by atoms with Crippen LogP contribution in [0.5, 0.6) is 0 Å². The number of aliphatic carboxylic acids is 1. The van der Waals surface area contributed by atoms with Crippen LogP contribution in [0.4, 0.5) is 4.39 Å². The molecule has 5 heteroatoms. The van der Waals surface area contributed by atoms with E-state index in [1.54, 1.807) is 13.0 Å². The van der Waals surface area contributed by atoms with Crippen LogP contribution in [0.3, 0.4) is 0 Å². The summed E-state index contributed by atoms with van der Waals surface area (Å²) in [6.07, 6.45) is 0. The lowest BCUT2D eigenvalue weighted by Crippen LogP contribution is -2.40. The molecule has 1 aromatic carbocycles. The van der Waals surface area contributed by atoms with Crippen molar-refractivity contribution in [2.45, 2.75) is 19.9 Å². The number of hydrogen-bond acceptors (Lipinski definition) is 2. The topological polar surface area (TPSA) is 57.6 Å². The molecule has 4 nitrogen and oxygen atoms in total. The number of carboxylic acid groups (broad SMARTS) is 1. The van der Waals surface area contributed by atoms with Crippen LogP contribution in [-0.2, 0) is 4.79 Å². The Kier molecular flexibility index (Phi) is 3.83. The van der Waals surface area contributed by atoms with E-state index in [0.29, 0.717) is 5.56 Å². The molecule has 17 heavy (non-hydrogen) atoms. The minimum atomic E-state index is -1.13. The first kappa shape index (κ1) is 13.2. The van der Waals surface area contributed by atoms with Crippen molar-refractivity contribution in [1.82, 2.24) is 4.90 Å². The highest BCUT2D eigenvalue weighted by Gasteiger charge is 2.24. The van der Waals surface area contributed by atoms with Gasteiger partial charge in [0, 0.05) is 7.05 Å². The molecule has 1 N–H and O–H groups in total. The second-order valence-corrected chi connectivity index (χ2v) is 3.91. The van der Waals surface area contributed by atoms with Crippen LogP contribution in [0.25, 0.3) is 0 Å². The molecule has 92 valence electrons. The van der Waals surface area contributed by atoms with E-state index in [1.807, 2.05) is 0 Å². The maximum atomic E-state index is 13.5. The Hall–Kier alpha value is -1.91. The summed E-state index contributed by atoms with van der Waals surface area (Å²) in [4.78, 5) is 23.6. The average molecular weight is 239 g/mol. The number of likely N-dealkylation sites (N-methyl/N-ethyl adjacent to an activating group) is 1. The van der Waals surface area contributed by atoms with E-state index in [1.165, 1.54) is 26.1 Å². The van der Waals surface area contributed by atoms with Gasteiger partial charge in [-0.3, -0.25) is 4.79 Å². The van der Waals surface area contributed by atoms with Gasteiger partial charge in [0.2, 0.25) is 0 Å². The van der Waals surface area contributed by atoms with Gasteiger partial charge in [0.15, 0.2) is 0 Å². The van der Waals surface area contributed by atoms with Crippen molar-refractivity contribution in [3.05, 3.63) is 35.1 Å². The summed E-state index contributed by atoms with van der Waals surface area (Å²) in [5.74, 6) is -2.41. The predicted octanol–water partition coefficient (Wildman–Crippen LogP) is 1.68. The molecule has 0 spiro atoms. The SMILES string of the molecule is Cc1ccc(C(=O)N(C)C(C)C(=O)O)c(F)c1. The molecule has 0 aliphatic rings. The van der Waals surface area contributed by atoms with E-state index >= 15 is 0 Å². The monoisotopic (exact) mass is 239 g/mol. The van der Waals surface area contributed by atoms with E-state index in [9.17, 15) is 14.0 Å². The molecule has 0 heterocycles. The zero-order chi connectivity index (χ0) is 13.2. The Morgan fingerprint density at radius 1 is 1.41 bits per heavy atom. The molecule has 0 fully saturated rings. The van der Waals surface area contributed by atoms with Gasteiger partial charge in [0.1, 0.15) is 11.9 Å². The van der Waals surface area contributed by atoms with Gasteiger partial charge in [-0.15, -0.1) is 0 Å². The van der Waals surface area contributed by atoms with Gasteiger partial charge >= 0.3 is 5.97 Å². The fraction of sp³-hybridized carbons (Fsp3) is 0.333. The number of benzene rings is 1. The normalized spacial score (nSPS) is 12.0. The molecule has 0 radical (unpaired) electrons. The van der Waals surface area contributed by atoms with Crippen LogP contribution < -0.4 is 0 Å². The van der Waals surface area contributed by atoms with Crippen LogP contribution in [0, 0.1) is 12.7 Å². The molecule has 0 saturated heterocycles. The van der Waals surface area contributed by atoms with Crippen LogP contribution in [0.1, 0.15) is 22.8 Å². The Labute approximate surface area is 98.7 Å². The van der Waals surface area contributed by atoms with E-state index < -0.39 is 23.7 Å². The summed E-state index contributed by atoms with van der Waals surface area (Å²) in [7, 11) is 1.33. The first-order chi connectivity index (χ1) is 7.84. The van der Waals surface area contributed by atoms with Crippen molar-refractivity contribution in [2.24, 2.45) is 0 Å². The number of carbonyl (C=O) groups excluding carboxylic acids is 1. The highest BCUT2D eigenvalue weighted by atomic mass is 19.1. The van der Waals surface area contributed by atoms with Crippen molar-refractivity contribution in [2.75, 3.05) is 7.05 Å². The Bertz CT molecular complexity index is 459. The molecule has 0 saturated carbocycles. The lowest BCUT2D eigenvalue weighted by Gasteiger charge is -2.21. The zero-order valence-electron chi connectivity index (χ0n) is 9.90. The van der Waals surface area contributed by atoms with Crippen LogP contribution in [0.15, 0.2) is 18.2 Å². The molecule has 1 unspecified atom stereocenters. The van der Waals surface area contributed by atoms with Gasteiger partial charge in [-0.05, 0) is 31.5 Å². The first-order valence-corrected chi connectivity index (χ1v) is 5.10. The molecule has 0 aromatic heterocycles. The molecule has 0 bridgehead atoms. The fourth-order valence-electron chi connectivity index (χ4n) is 1.33. The average Bonchev–Trinajstić information content (AvgIpc) is 2.26. The lowest BCUT2D eigenvalue weighted by atomic mass is 10.1. The van der Waals surface area contributed by atoms with E-state index in [4.69, 9.17) is 5.11 Å². The number of halogens is 1. The second-order valence-electron chi connectivity index (χ2n) is 3.91. The van der Waals surface area contributed by atoms with Crippen molar-refractivity contribution in [3.8, 4) is 0 Å². The van der Waals surface area contributed by atoms with E-state index in [-0.39, 0.29) is 5.56 Å². The number of carboxylic acids is 1. The molecule has 1 amide bonds. The van der Waals surface area contributed by atoms with Crippen LogP contribution in [-0.4, -0.2) is 35.0 Å². The van der Waals surface area contributed by atoms with Gasteiger partial charge in [0.05, 0.1) is 5.56 Å². The van der Waals surface area contributed by atoms with Crippen molar-refractivity contribution < 1.29 is 19.1 Å². The fourth-order valence-corrected chi connectivity index (χ4v) is 1.33. The number of aryl methyl sites for hydroxylation is 1. The first-order valence-electron chi connectivity index (χ1n) is 5.10. The number of rotatable bonds is 3. The van der Waals surface area contributed by atoms with Crippen LogP contribution in [0.2, 0.25) is 0 Å². The molecule has 0 aliphatic heterocycles. The third-order valence-electron chi connectivity index (χ3n) is 2.61. The zero-order valence-corrected chi connectivity index (χ0v) is 9.90. The maximum Gasteiger partial charge on any atom is 0.326 e. The highest BCUT2D eigenvalue weighted by molar-refractivity contribution is 5.96. The Morgan fingerprint density at radius 2 is 2.00 bits per heavy atom. The summed E-state index contributed by atoms with van der Waals surface area (Å²) in [5, 5.41) is 8.77. The third kappa shape index (κ3) is 2.81. The minimum Gasteiger partial charge on any atom is -0.480 e. The smallest absolute Gasteiger partial charge is 0.326 e. The van der Waals surface area contributed by atoms with E-state index in [2.05, 4.69) is 0 Å². The Morgan fingerprint density at radius 3 is 2.47 bits per heavy atom. The predicted molar refractivity (Wildman–Crippen MR) is 60.3 cm³/mol. The molecular weight excluding hydrogens is 225 g/mol. The van der Waals surface area contributed by atoms with Crippen molar-refractivity contribution >= 4 is 11.9 Å². The van der Waals surface area contributed by atoms with Gasteiger partial charge in [0.25, 0.3) is 5.91 Å². The number of carbonyl (C=O) groups is 2. The number of hydrogen-bond donors (Lipinski definition) is 1. The van der Waals surface area contributed by atoms with E-state index in [0.717, 1.165) is 4.90 Å². The summed E-state index contributed by atoms with van der Waals surface area (Å²) in [6, 6.07) is 3.21. The van der Waals surface area contributed by atoms with Gasteiger partial charge in [-0.2, -0.15) is 0 Å². The summed E-state index contributed by atoms with van der Waals surface area (Å²) < 4.78 is 13.5. The minimum absolute atomic E-state index is 0.119. The standard InChI is InChI=1S/C12H14FNO3/c1-7-4-5-9(10(13)6-7)11(15)14(3)8(2)12(16)17/h4-6,8H,1-3H3,(H,16,17). The van der Waals surface area contributed by atoms with Gasteiger partial charge in [-0.25, -0.2) is 9.18 Å². The third-order valence-corrected chi connectivity index (χ3v) is 2.61. The molecule has 1 rings (SSSR count). The lowest BCUT2D eigenvalue weighted by molar-refractivity contribution is -0.141. The molecule has 0 aliphatic carbocycles. The van der Waals surface area contributed by atoms with Crippen molar-refractivity contribution in [1.29, 1.82) is 0 Å². The molecule has 1 aromatic rings. The second kappa shape index (κ2) is 4.95.